The highest BCUT2D eigenvalue weighted by Crippen LogP contribution is 2.35. The highest BCUT2D eigenvalue weighted by molar-refractivity contribution is 7.91. The second-order valence-electron chi connectivity index (χ2n) is 13.4. The predicted octanol–water partition coefficient (Wildman–Crippen LogP) is 9.07. The Morgan fingerprint density at radius 1 is 0.854 bits per heavy atom. The number of benzene rings is 3. The zero-order valence-corrected chi connectivity index (χ0v) is 30.5. The summed E-state index contributed by atoms with van der Waals surface area (Å²) in [6, 6.07) is 19.1. The van der Waals surface area contributed by atoms with E-state index in [0.29, 0.717) is 29.2 Å². The van der Waals surface area contributed by atoms with Gasteiger partial charge in [0, 0.05) is 42.9 Å². The maximum Gasteiger partial charge on any atom is 0.347 e. The number of hydrogen-bond donors (Lipinski definition) is 0. The summed E-state index contributed by atoms with van der Waals surface area (Å²) in [6.07, 6.45) is 3.06. The molecule has 0 amide bonds. The number of carbonyl (C=O) groups is 1. The largest absolute Gasteiger partial charge is 0.422 e. The Hall–Kier alpha value is -4.04. The minimum atomic E-state index is -3.66. The summed E-state index contributed by atoms with van der Waals surface area (Å²) in [5, 5.41) is 0.726. The average Bonchev–Trinajstić information content (AvgIpc) is 3.04. The lowest BCUT2D eigenvalue weighted by Gasteiger charge is -2.22. The molecule has 0 aliphatic rings. The van der Waals surface area contributed by atoms with Crippen LogP contribution >= 0.6 is 0 Å². The molecule has 0 aliphatic carbocycles. The first-order chi connectivity index (χ1) is 22.7. The van der Waals surface area contributed by atoms with Crippen LogP contribution in [0.2, 0.25) is 0 Å². The molecule has 1 heterocycles. The first kappa shape index (κ1) is 36.8. The second kappa shape index (κ2) is 15.9. The van der Waals surface area contributed by atoms with E-state index in [1.54, 1.807) is 12.3 Å². The first-order valence-electron chi connectivity index (χ1n) is 17.1. The second-order valence-corrected chi connectivity index (χ2v) is 15.3. The Bertz CT molecular complexity index is 1900. The number of aliphatic imine (C=N–C) groups is 1. The van der Waals surface area contributed by atoms with E-state index in [4.69, 9.17) is 4.42 Å². The molecule has 256 valence electrons. The molecular weight excluding hydrogens is 621 g/mol. The fourth-order valence-corrected chi connectivity index (χ4v) is 7.70. The number of fused-ring (bicyclic) bond motifs is 1. The van der Waals surface area contributed by atoms with Gasteiger partial charge in [-0.15, -0.1) is 0 Å². The molecular formula is C40H50N2O5S. The highest BCUT2D eigenvalue weighted by Gasteiger charge is 2.26. The summed E-state index contributed by atoms with van der Waals surface area (Å²) >= 11 is 0. The number of hydrogen-bond acceptors (Lipinski definition) is 7. The monoisotopic (exact) mass is 670 g/mol. The quantitative estimate of drug-likeness (QED) is 0.0711. The Morgan fingerprint density at radius 2 is 1.48 bits per heavy atom. The van der Waals surface area contributed by atoms with Crippen molar-refractivity contribution in [3.8, 4) is 0 Å². The standard InChI is InChI=1S/C40H50N2O5S/c1-9-42(10-2)33-19-18-31-20-36(40(44)47-38(31)23-33)37(43)13-11-12-29-14-16-30(17-15-29)24-41-25-48(45,46)39-34(27(5)6)21-32(26(3)4)22-35(39)28(7)8/h14-24,26-28H,9-13,25H2,1-8H3. The van der Waals surface area contributed by atoms with E-state index in [1.165, 1.54) is 0 Å². The van der Waals surface area contributed by atoms with Crippen LogP contribution in [0.5, 0.6) is 0 Å². The molecule has 0 spiro atoms. The topological polar surface area (TPSA) is 97.0 Å². The Balaban J connectivity index is 1.39. The van der Waals surface area contributed by atoms with E-state index in [2.05, 4.69) is 37.6 Å². The Kier molecular flexibility index (Phi) is 12.2. The van der Waals surface area contributed by atoms with Crippen LogP contribution in [0.1, 0.15) is 124 Å². The van der Waals surface area contributed by atoms with Gasteiger partial charge in [-0.1, -0.05) is 77.9 Å². The number of nitrogens with zero attached hydrogens (tertiary/aromatic N) is 2. The van der Waals surface area contributed by atoms with Crippen molar-refractivity contribution in [3.63, 3.8) is 0 Å². The lowest BCUT2D eigenvalue weighted by molar-refractivity contribution is 0.0976. The van der Waals surface area contributed by atoms with Crippen molar-refractivity contribution in [1.29, 1.82) is 0 Å². The van der Waals surface area contributed by atoms with Crippen LogP contribution < -0.4 is 10.5 Å². The molecule has 8 heteroatoms. The van der Waals surface area contributed by atoms with Gasteiger partial charge in [0.05, 0.1) is 4.90 Å². The van der Waals surface area contributed by atoms with Gasteiger partial charge in [0.2, 0.25) is 0 Å². The lowest BCUT2D eigenvalue weighted by atomic mass is 9.89. The Morgan fingerprint density at radius 3 is 2.04 bits per heavy atom. The summed E-state index contributed by atoms with van der Waals surface area (Å²) < 4.78 is 32.9. The summed E-state index contributed by atoms with van der Waals surface area (Å²) in [6.45, 7) is 18.2. The summed E-state index contributed by atoms with van der Waals surface area (Å²) in [7, 11) is -3.66. The number of anilines is 1. The van der Waals surface area contributed by atoms with Gasteiger partial charge in [-0.3, -0.25) is 9.79 Å². The van der Waals surface area contributed by atoms with Crippen LogP contribution in [0.4, 0.5) is 5.69 Å². The number of Topliss-reactive ketones (excluding diaryl/α,β-unsaturated/α-hetero) is 1. The summed E-state index contributed by atoms with van der Waals surface area (Å²) in [4.78, 5) is 32.6. The van der Waals surface area contributed by atoms with E-state index < -0.39 is 15.5 Å². The molecule has 0 saturated heterocycles. The van der Waals surface area contributed by atoms with Crippen molar-refractivity contribution in [2.24, 2.45) is 4.99 Å². The molecule has 1 aromatic heterocycles. The van der Waals surface area contributed by atoms with Crippen molar-refractivity contribution in [1.82, 2.24) is 0 Å². The van der Waals surface area contributed by atoms with E-state index in [0.717, 1.165) is 52.0 Å². The van der Waals surface area contributed by atoms with Gasteiger partial charge in [-0.05, 0) is 90.5 Å². The van der Waals surface area contributed by atoms with E-state index in [-0.39, 0.29) is 35.5 Å². The summed E-state index contributed by atoms with van der Waals surface area (Å²) in [5.74, 6) is -0.126. The number of carbonyl (C=O) groups excluding carboxylic acids is 1. The molecule has 4 aromatic rings. The smallest absolute Gasteiger partial charge is 0.347 e. The zero-order valence-electron chi connectivity index (χ0n) is 29.7. The maximum absolute atomic E-state index is 13.7. The molecule has 0 N–H and O–H groups in total. The zero-order chi connectivity index (χ0) is 35.2. The number of aryl methyl sites for hydroxylation is 1. The van der Waals surface area contributed by atoms with Gasteiger partial charge in [-0.25, -0.2) is 13.2 Å². The van der Waals surface area contributed by atoms with Gasteiger partial charge < -0.3 is 9.32 Å². The third-order valence-corrected chi connectivity index (χ3v) is 10.5. The molecule has 0 bridgehead atoms. The number of rotatable bonds is 15. The number of ketones is 1. The molecule has 0 unspecified atom stereocenters. The van der Waals surface area contributed by atoms with Crippen molar-refractivity contribution >= 4 is 38.5 Å². The molecule has 4 rings (SSSR count). The normalized spacial score (nSPS) is 12.2. The molecule has 0 fully saturated rings. The molecule has 0 saturated carbocycles. The van der Waals surface area contributed by atoms with Crippen molar-refractivity contribution in [2.45, 2.75) is 97.3 Å². The van der Waals surface area contributed by atoms with E-state index >= 15 is 0 Å². The van der Waals surface area contributed by atoms with Crippen LogP contribution in [0.25, 0.3) is 11.0 Å². The summed E-state index contributed by atoms with van der Waals surface area (Å²) in [5.41, 5.74) is 5.62. The third kappa shape index (κ3) is 8.70. The van der Waals surface area contributed by atoms with Crippen molar-refractivity contribution < 1.29 is 17.6 Å². The van der Waals surface area contributed by atoms with Crippen LogP contribution in [0, 0.1) is 0 Å². The Labute approximate surface area is 286 Å². The van der Waals surface area contributed by atoms with Crippen molar-refractivity contribution in [3.05, 3.63) is 104 Å². The molecule has 48 heavy (non-hydrogen) atoms. The maximum atomic E-state index is 13.7. The fourth-order valence-electron chi connectivity index (χ4n) is 5.99. The van der Waals surface area contributed by atoms with Crippen LogP contribution in [-0.4, -0.2) is 39.4 Å². The van der Waals surface area contributed by atoms with Gasteiger partial charge in [-0.2, -0.15) is 0 Å². The lowest BCUT2D eigenvalue weighted by Crippen LogP contribution is -2.21. The minimum Gasteiger partial charge on any atom is -0.422 e. The van der Waals surface area contributed by atoms with Crippen molar-refractivity contribution in [2.75, 3.05) is 23.9 Å². The highest BCUT2D eigenvalue weighted by atomic mass is 32.2. The molecule has 7 nitrogen and oxygen atoms in total. The molecule has 0 aliphatic heterocycles. The molecule has 0 atom stereocenters. The third-order valence-electron chi connectivity index (χ3n) is 8.87. The van der Waals surface area contributed by atoms with Gasteiger partial charge in [0.15, 0.2) is 15.6 Å². The number of sulfone groups is 1. The SMILES string of the molecule is CCN(CC)c1ccc2cc(C(=O)CCCc3ccc(C=NCS(=O)(=O)c4c(C(C)C)cc(C(C)C)cc4C(C)C)cc3)c(=O)oc2c1. The fraction of sp³-hybridized carbons (Fsp3) is 0.425. The average molecular weight is 671 g/mol. The van der Waals surface area contributed by atoms with Gasteiger partial charge >= 0.3 is 5.63 Å². The minimum absolute atomic E-state index is 0.0638. The predicted molar refractivity (Wildman–Crippen MR) is 198 cm³/mol. The molecule has 0 radical (unpaired) electrons. The van der Waals surface area contributed by atoms with Gasteiger partial charge in [0.25, 0.3) is 0 Å². The van der Waals surface area contributed by atoms with E-state index in [1.807, 2.05) is 82.3 Å². The van der Waals surface area contributed by atoms with Gasteiger partial charge in [0.1, 0.15) is 17.0 Å². The molecule has 3 aromatic carbocycles. The first-order valence-corrected chi connectivity index (χ1v) is 18.8. The van der Waals surface area contributed by atoms with E-state index in [9.17, 15) is 18.0 Å². The van der Waals surface area contributed by atoms with Crippen LogP contribution in [0.15, 0.2) is 79.8 Å². The van der Waals surface area contributed by atoms with Crippen LogP contribution in [-0.2, 0) is 16.3 Å². The van der Waals surface area contributed by atoms with Crippen LogP contribution in [0.3, 0.4) is 0 Å².